The van der Waals surface area contributed by atoms with E-state index in [-0.39, 0.29) is 0 Å². The molecule has 0 N–H and O–H groups in total. The van der Waals surface area contributed by atoms with Crippen LogP contribution in [-0.4, -0.2) is 4.98 Å². The lowest BCUT2D eigenvalue weighted by Crippen LogP contribution is -1.91. The lowest BCUT2D eigenvalue weighted by Gasteiger charge is -2.07. The van der Waals surface area contributed by atoms with E-state index in [0.717, 1.165) is 32.9 Å². The summed E-state index contributed by atoms with van der Waals surface area (Å²) in [5, 5.41) is 2.24. The van der Waals surface area contributed by atoms with Crippen LogP contribution in [0.25, 0.3) is 21.8 Å². The second-order valence-electron chi connectivity index (χ2n) is 4.23. The van der Waals surface area contributed by atoms with E-state index in [1.54, 1.807) is 0 Å². The van der Waals surface area contributed by atoms with Gasteiger partial charge in [0.15, 0.2) is 0 Å². The van der Waals surface area contributed by atoms with E-state index in [2.05, 4.69) is 18.2 Å². The highest BCUT2D eigenvalue weighted by atomic mass is 35.5. The Kier molecular flexibility index (Phi) is 3.11. The molecule has 1 nitrogen and oxygen atoms in total. The van der Waals surface area contributed by atoms with Gasteiger partial charge >= 0.3 is 0 Å². The van der Waals surface area contributed by atoms with E-state index >= 15 is 0 Å². The molecule has 0 saturated carbocycles. The van der Waals surface area contributed by atoms with E-state index in [9.17, 15) is 0 Å². The lowest BCUT2D eigenvalue weighted by molar-refractivity contribution is 1.35. The Morgan fingerprint density at radius 3 is 1.72 bits per heavy atom. The molecule has 0 aliphatic rings. The van der Waals surface area contributed by atoms with Crippen LogP contribution in [0.4, 0.5) is 0 Å². The van der Waals surface area contributed by atoms with Crippen LogP contribution in [0.3, 0.4) is 0 Å². The van der Waals surface area contributed by atoms with Crippen molar-refractivity contribution in [2.75, 3.05) is 0 Å². The third kappa shape index (κ3) is 1.84. The molecule has 0 bridgehead atoms. The molecule has 18 heavy (non-hydrogen) atoms. The summed E-state index contributed by atoms with van der Waals surface area (Å²) >= 11 is 11.9. The molecule has 0 amide bonds. The second-order valence-corrected chi connectivity index (χ2v) is 4.77. The van der Waals surface area contributed by atoms with Gasteiger partial charge in [-0.25, -0.2) is 4.98 Å². The number of rotatable bonds is 2. The molecule has 0 fully saturated rings. The molecule has 0 spiro atoms. The van der Waals surface area contributed by atoms with Crippen LogP contribution >= 0.6 is 23.2 Å². The molecule has 0 aliphatic heterocycles. The third-order valence-corrected chi connectivity index (χ3v) is 3.70. The zero-order valence-corrected chi connectivity index (χ0v) is 11.2. The van der Waals surface area contributed by atoms with Gasteiger partial charge in [-0.05, 0) is 17.2 Å². The van der Waals surface area contributed by atoms with Crippen LogP contribution in [0, 0.1) is 0 Å². The van der Waals surface area contributed by atoms with Crippen LogP contribution in [0.15, 0.2) is 42.5 Å². The number of aromatic nitrogens is 1. The fourth-order valence-electron chi connectivity index (χ4n) is 2.22. The molecule has 0 aliphatic carbocycles. The highest BCUT2D eigenvalue weighted by Gasteiger charge is 2.06. The predicted octanol–water partition coefficient (Wildman–Crippen LogP) is 4.87. The van der Waals surface area contributed by atoms with Gasteiger partial charge in [0, 0.05) is 22.5 Å². The summed E-state index contributed by atoms with van der Waals surface area (Å²) in [4.78, 5) is 4.75. The fourth-order valence-corrected chi connectivity index (χ4v) is 2.65. The molecule has 1 heterocycles. The Hall–Kier alpha value is -1.31. The molecular weight excluding hydrogens is 265 g/mol. The van der Waals surface area contributed by atoms with E-state index in [1.165, 1.54) is 0 Å². The highest BCUT2D eigenvalue weighted by Crippen LogP contribution is 2.25. The summed E-state index contributed by atoms with van der Waals surface area (Å²) in [6.45, 7) is 0. The summed E-state index contributed by atoms with van der Waals surface area (Å²) in [7, 11) is 0. The molecule has 0 saturated heterocycles. The van der Waals surface area contributed by atoms with Crippen LogP contribution in [-0.2, 0) is 11.8 Å². The van der Waals surface area contributed by atoms with Crippen LogP contribution < -0.4 is 0 Å². The Morgan fingerprint density at radius 1 is 0.778 bits per heavy atom. The van der Waals surface area contributed by atoms with Gasteiger partial charge < -0.3 is 0 Å². The van der Waals surface area contributed by atoms with Gasteiger partial charge in [-0.1, -0.05) is 36.4 Å². The number of hydrogen-bond donors (Lipinski definition) is 0. The molecule has 0 unspecified atom stereocenters. The smallest absolute Gasteiger partial charge is 0.0753 e. The van der Waals surface area contributed by atoms with Gasteiger partial charge in [0.1, 0.15) is 0 Å². The van der Waals surface area contributed by atoms with Crippen molar-refractivity contribution in [3.05, 3.63) is 53.6 Å². The van der Waals surface area contributed by atoms with Crippen LogP contribution in [0.5, 0.6) is 0 Å². The fraction of sp³-hybridized carbons (Fsp3) is 0.133. The molecule has 3 aromatic rings. The molecule has 90 valence electrons. The van der Waals surface area contributed by atoms with E-state index < -0.39 is 0 Å². The number of alkyl halides is 2. The number of nitrogens with zero attached hydrogens (tertiary/aromatic N) is 1. The quantitative estimate of drug-likeness (QED) is 0.481. The Balaban J connectivity index is 2.44. The molecule has 3 heteroatoms. The number of halogens is 2. The van der Waals surface area contributed by atoms with Crippen molar-refractivity contribution < 1.29 is 0 Å². The van der Waals surface area contributed by atoms with Crippen molar-refractivity contribution >= 4 is 45.0 Å². The van der Waals surface area contributed by atoms with Crippen molar-refractivity contribution in [1.82, 2.24) is 4.98 Å². The first-order valence-corrected chi connectivity index (χ1v) is 6.82. The topological polar surface area (TPSA) is 12.9 Å². The zero-order chi connectivity index (χ0) is 12.5. The minimum atomic E-state index is 0.471. The standard InChI is InChI=1S/C15H11Cl2N/c16-8-12-5-1-3-10-7-11-4-2-6-13(9-17)15(11)18-14(10)12/h1-7H,8-9H2. The van der Waals surface area contributed by atoms with Crippen molar-refractivity contribution in [1.29, 1.82) is 0 Å². The maximum Gasteiger partial charge on any atom is 0.0753 e. The molecule has 0 atom stereocenters. The maximum atomic E-state index is 5.96. The number of fused-ring (bicyclic) bond motifs is 2. The first-order chi connectivity index (χ1) is 8.83. The number of para-hydroxylation sites is 2. The normalized spacial score (nSPS) is 11.2. The van der Waals surface area contributed by atoms with E-state index in [4.69, 9.17) is 28.2 Å². The predicted molar refractivity (Wildman–Crippen MR) is 78.4 cm³/mol. The van der Waals surface area contributed by atoms with Gasteiger partial charge in [-0.3, -0.25) is 0 Å². The minimum Gasteiger partial charge on any atom is -0.247 e. The van der Waals surface area contributed by atoms with Crippen molar-refractivity contribution in [3.63, 3.8) is 0 Å². The van der Waals surface area contributed by atoms with Gasteiger partial charge in [-0.2, -0.15) is 0 Å². The second kappa shape index (κ2) is 4.75. The number of benzene rings is 2. The van der Waals surface area contributed by atoms with Gasteiger partial charge in [0.25, 0.3) is 0 Å². The number of hydrogen-bond acceptors (Lipinski definition) is 1. The summed E-state index contributed by atoms with van der Waals surface area (Å²) in [6.07, 6.45) is 0. The van der Waals surface area contributed by atoms with Crippen LogP contribution in [0.2, 0.25) is 0 Å². The van der Waals surface area contributed by atoms with Crippen molar-refractivity contribution in [2.24, 2.45) is 0 Å². The third-order valence-electron chi connectivity index (χ3n) is 3.12. The monoisotopic (exact) mass is 275 g/mol. The summed E-state index contributed by atoms with van der Waals surface area (Å²) in [5.41, 5.74) is 4.05. The molecule has 2 aromatic carbocycles. The maximum absolute atomic E-state index is 5.96. The highest BCUT2D eigenvalue weighted by molar-refractivity contribution is 6.18. The van der Waals surface area contributed by atoms with Crippen molar-refractivity contribution in [3.8, 4) is 0 Å². The van der Waals surface area contributed by atoms with E-state index in [1.807, 2.05) is 24.3 Å². The Morgan fingerprint density at radius 2 is 1.28 bits per heavy atom. The average molecular weight is 276 g/mol. The van der Waals surface area contributed by atoms with Gasteiger partial charge in [0.2, 0.25) is 0 Å². The Bertz CT molecular complexity index is 663. The van der Waals surface area contributed by atoms with E-state index in [0.29, 0.717) is 11.8 Å². The van der Waals surface area contributed by atoms with Crippen molar-refractivity contribution in [2.45, 2.75) is 11.8 Å². The largest absolute Gasteiger partial charge is 0.247 e. The summed E-state index contributed by atoms with van der Waals surface area (Å²) in [5.74, 6) is 0.942. The Labute approximate surface area is 115 Å². The minimum absolute atomic E-state index is 0.471. The molecule has 1 aromatic heterocycles. The van der Waals surface area contributed by atoms with Gasteiger partial charge in [-0.15, -0.1) is 23.2 Å². The summed E-state index contributed by atoms with van der Waals surface area (Å²) in [6, 6.07) is 14.3. The molecule has 0 radical (unpaired) electrons. The summed E-state index contributed by atoms with van der Waals surface area (Å²) < 4.78 is 0. The first kappa shape index (κ1) is 11.8. The van der Waals surface area contributed by atoms with Crippen LogP contribution in [0.1, 0.15) is 11.1 Å². The molecular formula is C15H11Cl2N. The number of pyridine rings is 1. The first-order valence-electron chi connectivity index (χ1n) is 5.75. The average Bonchev–Trinajstić information content (AvgIpc) is 2.43. The lowest BCUT2D eigenvalue weighted by atomic mass is 10.1. The van der Waals surface area contributed by atoms with Gasteiger partial charge in [0.05, 0.1) is 11.0 Å². The molecule has 3 rings (SSSR count). The SMILES string of the molecule is ClCc1cccc2cc3cccc(CCl)c3nc12. The zero-order valence-electron chi connectivity index (χ0n) is 9.66.